The van der Waals surface area contributed by atoms with Crippen LogP contribution in [-0.2, 0) is 4.74 Å². The van der Waals surface area contributed by atoms with Crippen molar-refractivity contribution in [2.24, 2.45) is 11.8 Å². The van der Waals surface area contributed by atoms with Crippen LogP contribution in [0, 0.1) is 11.8 Å². The number of rotatable bonds is 0. The van der Waals surface area contributed by atoms with E-state index in [1.807, 2.05) is 0 Å². The minimum absolute atomic E-state index is 0.0648. The molecule has 2 aliphatic rings. The molecule has 0 aromatic rings. The van der Waals surface area contributed by atoms with Crippen molar-refractivity contribution in [3.05, 3.63) is 12.3 Å². The minimum atomic E-state index is -0.241. The maximum absolute atomic E-state index is 9.40. The Balaban J connectivity index is 2.17. The van der Waals surface area contributed by atoms with Crippen molar-refractivity contribution in [1.29, 1.82) is 0 Å². The Kier molecular flexibility index (Phi) is 1.24. The number of aliphatic hydroxyl groups is 1. The smallest absolute Gasteiger partial charge is 0.130 e. The van der Waals surface area contributed by atoms with Crippen LogP contribution >= 0.6 is 0 Å². The van der Waals surface area contributed by atoms with Crippen molar-refractivity contribution in [3.8, 4) is 0 Å². The lowest BCUT2D eigenvalue weighted by Gasteiger charge is -2.12. The first-order valence-corrected chi connectivity index (χ1v) is 3.79. The summed E-state index contributed by atoms with van der Waals surface area (Å²) in [6, 6.07) is 0. The Labute approximate surface area is 60.5 Å². The van der Waals surface area contributed by atoms with Crippen molar-refractivity contribution < 1.29 is 9.84 Å². The zero-order valence-corrected chi connectivity index (χ0v) is 6.03. The predicted molar refractivity (Wildman–Crippen MR) is 37.3 cm³/mol. The van der Waals surface area contributed by atoms with E-state index < -0.39 is 0 Å². The molecule has 1 aliphatic heterocycles. The van der Waals surface area contributed by atoms with Gasteiger partial charge in [0.1, 0.15) is 6.10 Å². The van der Waals surface area contributed by atoms with E-state index in [9.17, 15) is 5.11 Å². The molecule has 0 spiro atoms. The molecule has 10 heavy (non-hydrogen) atoms. The second kappa shape index (κ2) is 1.99. The van der Waals surface area contributed by atoms with E-state index in [0.29, 0.717) is 11.8 Å². The SMILES string of the molecule is C[C@@H]1C[C@@H](O)[C@H]2OC=C[C@H]21. The van der Waals surface area contributed by atoms with Crippen LogP contribution in [0.1, 0.15) is 13.3 Å². The summed E-state index contributed by atoms with van der Waals surface area (Å²) in [5, 5.41) is 9.40. The minimum Gasteiger partial charge on any atom is -0.495 e. The highest BCUT2D eigenvalue weighted by Crippen LogP contribution is 2.38. The quantitative estimate of drug-likeness (QED) is 0.542. The van der Waals surface area contributed by atoms with Crippen molar-refractivity contribution in [2.45, 2.75) is 25.6 Å². The summed E-state index contributed by atoms with van der Waals surface area (Å²) >= 11 is 0. The molecule has 2 heteroatoms. The third-order valence-electron chi connectivity index (χ3n) is 2.57. The van der Waals surface area contributed by atoms with E-state index in [2.05, 4.69) is 13.0 Å². The fourth-order valence-corrected chi connectivity index (χ4v) is 1.96. The fraction of sp³-hybridized carbons (Fsp3) is 0.750. The lowest BCUT2D eigenvalue weighted by atomic mass is 9.98. The van der Waals surface area contributed by atoms with Crippen LogP contribution in [0.5, 0.6) is 0 Å². The van der Waals surface area contributed by atoms with Gasteiger partial charge in [-0.25, -0.2) is 0 Å². The summed E-state index contributed by atoms with van der Waals surface area (Å²) in [5.41, 5.74) is 0. The number of hydrogen-bond donors (Lipinski definition) is 1. The van der Waals surface area contributed by atoms with Gasteiger partial charge >= 0.3 is 0 Å². The van der Waals surface area contributed by atoms with Crippen LogP contribution in [0.3, 0.4) is 0 Å². The highest BCUT2D eigenvalue weighted by molar-refractivity contribution is 5.05. The summed E-state index contributed by atoms with van der Waals surface area (Å²) in [6.45, 7) is 2.16. The molecule has 0 unspecified atom stereocenters. The summed E-state index contributed by atoms with van der Waals surface area (Å²) in [7, 11) is 0. The fourth-order valence-electron chi connectivity index (χ4n) is 1.96. The molecule has 1 aliphatic carbocycles. The molecule has 56 valence electrons. The van der Waals surface area contributed by atoms with E-state index in [1.165, 1.54) is 0 Å². The first-order chi connectivity index (χ1) is 4.79. The molecule has 1 N–H and O–H groups in total. The van der Waals surface area contributed by atoms with Gasteiger partial charge in [0.2, 0.25) is 0 Å². The van der Waals surface area contributed by atoms with Gasteiger partial charge in [0.25, 0.3) is 0 Å². The maximum Gasteiger partial charge on any atom is 0.130 e. The molecular formula is C8H12O2. The second-order valence-corrected chi connectivity index (χ2v) is 3.29. The molecule has 0 bridgehead atoms. The molecule has 1 saturated carbocycles. The van der Waals surface area contributed by atoms with E-state index >= 15 is 0 Å². The molecule has 0 aromatic heterocycles. The first kappa shape index (κ1) is 6.23. The molecular weight excluding hydrogens is 128 g/mol. The van der Waals surface area contributed by atoms with Gasteiger partial charge in [-0.05, 0) is 18.4 Å². The highest BCUT2D eigenvalue weighted by atomic mass is 16.5. The number of hydrogen-bond acceptors (Lipinski definition) is 2. The number of aliphatic hydroxyl groups excluding tert-OH is 1. The van der Waals surface area contributed by atoms with Gasteiger partial charge in [-0.2, -0.15) is 0 Å². The topological polar surface area (TPSA) is 29.5 Å². The largest absolute Gasteiger partial charge is 0.495 e. The van der Waals surface area contributed by atoms with Gasteiger partial charge in [-0.1, -0.05) is 6.92 Å². The van der Waals surface area contributed by atoms with Gasteiger partial charge < -0.3 is 9.84 Å². The monoisotopic (exact) mass is 140 g/mol. The number of ether oxygens (including phenoxy) is 1. The molecule has 1 fully saturated rings. The van der Waals surface area contributed by atoms with Gasteiger partial charge in [0.05, 0.1) is 12.4 Å². The Morgan fingerprint density at radius 3 is 3.10 bits per heavy atom. The number of fused-ring (bicyclic) bond motifs is 1. The molecule has 0 saturated heterocycles. The third-order valence-corrected chi connectivity index (χ3v) is 2.57. The van der Waals surface area contributed by atoms with Crippen LogP contribution < -0.4 is 0 Å². The molecule has 0 aromatic carbocycles. The molecule has 1 heterocycles. The van der Waals surface area contributed by atoms with Crippen molar-refractivity contribution in [3.63, 3.8) is 0 Å². The lowest BCUT2D eigenvalue weighted by Crippen LogP contribution is -2.23. The van der Waals surface area contributed by atoms with E-state index in [0.717, 1.165) is 6.42 Å². The summed E-state index contributed by atoms with van der Waals surface area (Å²) < 4.78 is 5.23. The first-order valence-electron chi connectivity index (χ1n) is 3.79. The molecule has 0 radical (unpaired) electrons. The predicted octanol–water partition coefficient (Wildman–Crippen LogP) is 0.916. The summed E-state index contributed by atoms with van der Waals surface area (Å²) in [5.74, 6) is 1.05. The van der Waals surface area contributed by atoms with E-state index in [1.54, 1.807) is 6.26 Å². The van der Waals surface area contributed by atoms with Crippen LogP contribution in [0.2, 0.25) is 0 Å². The van der Waals surface area contributed by atoms with Gasteiger partial charge in [0, 0.05) is 5.92 Å². The Morgan fingerprint density at radius 1 is 1.60 bits per heavy atom. The average molecular weight is 140 g/mol. The highest BCUT2D eigenvalue weighted by Gasteiger charge is 2.42. The van der Waals surface area contributed by atoms with Crippen molar-refractivity contribution in [2.75, 3.05) is 0 Å². The van der Waals surface area contributed by atoms with Crippen molar-refractivity contribution >= 4 is 0 Å². The van der Waals surface area contributed by atoms with Gasteiger partial charge in [-0.3, -0.25) is 0 Å². The van der Waals surface area contributed by atoms with Gasteiger partial charge in [0.15, 0.2) is 0 Å². The zero-order valence-electron chi connectivity index (χ0n) is 6.03. The average Bonchev–Trinajstić information content (AvgIpc) is 2.39. The van der Waals surface area contributed by atoms with Crippen LogP contribution in [0.15, 0.2) is 12.3 Å². The van der Waals surface area contributed by atoms with Crippen molar-refractivity contribution in [1.82, 2.24) is 0 Å². The second-order valence-electron chi connectivity index (χ2n) is 3.29. The van der Waals surface area contributed by atoms with Crippen LogP contribution in [0.25, 0.3) is 0 Å². The third kappa shape index (κ3) is 0.686. The molecule has 2 rings (SSSR count). The Morgan fingerprint density at radius 2 is 2.40 bits per heavy atom. The Bertz CT molecular complexity index is 165. The summed E-state index contributed by atoms with van der Waals surface area (Å²) in [6.07, 6.45) is 4.49. The van der Waals surface area contributed by atoms with Gasteiger partial charge in [-0.15, -0.1) is 0 Å². The van der Waals surface area contributed by atoms with Crippen LogP contribution in [0.4, 0.5) is 0 Å². The molecule has 2 nitrogen and oxygen atoms in total. The lowest BCUT2D eigenvalue weighted by molar-refractivity contribution is 0.0321. The standard InChI is InChI=1S/C8H12O2/c1-5-4-7(9)8-6(5)2-3-10-8/h2-3,5-9H,4H2,1H3/t5-,6+,7-,8+/m1/s1. The van der Waals surface area contributed by atoms with Crippen LogP contribution in [-0.4, -0.2) is 17.3 Å². The van der Waals surface area contributed by atoms with E-state index in [4.69, 9.17) is 4.74 Å². The maximum atomic E-state index is 9.40. The Hall–Kier alpha value is -0.500. The normalized spacial score (nSPS) is 51.0. The van der Waals surface area contributed by atoms with E-state index in [-0.39, 0.29) is 12.2 Å². The zero-order chi connectivity index (χ0) is 7.14. The summed E-state index contributed by atoms with van der Waals surface area (Å²) in [4.78, 5) is 0. The molecule has 0 amide bonds. The molecule has 4 atom stereocenters.